The number of guanidine groups is 1. The molecule has 2 aromatic carbocycles. The number of ether oxygens (including phenoxy) is 1. The van der Waals surface area contributed by atoms with Gasteiger partial charge in [0.1, 0.15) is 10.8 Å². The van der Waals surface area contributed by atoms with E-state index in [9.17, 15) is 0 Å². The maximum atomic E-state index is 5.98. The highest BCUT2D eigenvalue weighted by Crippen LogP contribution is 2.28. The molecule has 3 rings (SSSR count). The van der Waals surface area contributed by atoms with Crippen LogP contribution in [0.4, 0.5) is 5.69 Å². The molecule has 0 saturated carbocycles. The summed E-state index contributed by atoms with van der Waals surface area (Å²) >= 11 is 1.65. The summed E-state index contributed by atoms with van der Waals surface area (Å²) in [5.41, 5.74) is 8.96. The number of halogens is 1. The standard InChI is InChI=1S/C19H20N4OS.HI/c1-13-17(25-18(22-13)14-6-4-3-5-7-14)12-21-19(20)23-15-8-10-16(24-2)11-9-15;/h3-11H,12H2,1-2H3,(H3,20,21,23);1H. The van der Waals surface area contributed by atoms with E-state index in [0.717, 1.165) is 32.6 Å². The number of anilines is 1. The van der Waals surface area contributed by atoms with E-state index in [1.165, 1.54) is 0 Å². The SMILES string of the molecule is COc1ccc(NC(N)=NCc2sc(-c3ccccc3)nc2C)cc1.I. The van der Waals surface area contributed by atoms with Crippen LogP contribution in [0.15, 0.2) is 59.6 Å². The molecular weight excluding hydrogens is 459 g/mol. The summed E-state index contributed by atoms with van der Waals surface area (Å²) in [6.07, 6.45) is 0. The largest absolute Gasteiger partial charge is 0.497 e. The van der Waals surface area contributed by atoms with Crippen molar-refractivity contribution >= 4 is 47.0 Å². The van der Waals surface area contributed by atoms with E-state index in [4.69, 9.17) is 10.5 Å². The number of methoxy groups -OCH3 is 1. The number of aliphatic imine (C=N–C) groups is 1. The second-order valence-electron chi connectivity index (χ2n) is 5.45. The minimum Gasteiger partial charge on any atom is -0.497 e. The lowest BCUT2D eigenvalue weighted by Crippen LogP contribution is -2.22. The van der Waals surface area contributed by atoms with E-state index < -0.39 is 0 Å². The smallest absolute Gasteiger partial charge is 0.193 e. The number of thiazole rings is 1. The van der Waals surface area contributed by atoms with Crippen molar-refractivity contribution in [2.75, 3.05) is 12.4 Å². The second kappa shape index (κ2) is 9.54. The minimum atomic E-state index is 0. The summed E-state index contributed by atoms with van der Waals surface area (Å²) in [6.45, 7) is 2.51. The zero-order chi connectivity index (χ0) is 17.6. The summed E-state index contributed by atoms with van der Waals surface area (Å²) in [5.74, 6) is 1.18. The Morgan fingerprint density at radius 1 is 1.15 bits per heavy atom. The van der Waals surface area contributed by atoms with Crippen LogP contribution in [-0.4, -0.2) is 18.1 Å². The minimum absolute atomic E-state index is 0. The van der Waals surface area contributed by atoms with Gasteiger partial charge in [-0.1, -0.05) is 30.3 Å². The van der Waals surface area contributed by atoms with Crippen LogP contribution in [0.2, 0.25) is 0 Å². The van der Waals surface area contributed by atoms with Crippen molar-refractivity contribution in [3.63, 3.8) is 0 Å². The molecule has 0 unspecified atom stereocenters. The van der Waals surface area contributed by atoms with Crippen LogP contribution in [-0.2, 0) is 6.54 Å². The maximum absolute atomic E-state index is 5.98. The van der Waals surface area contributed by atoms with Gasteiger partial charge in [-0.25, -0.2) is 9.98 Å². The molecule has 0 aliphatic heterocycles. The Hall–Kier alpha value is -2.13. The molecule has 0 saturated heterocycles. The molecule has 0 amide bonds. The number of rotatable bonds is 5. The number of nitrogens with zero attached hydrogens (tertiary/aromatic N) is 2. The second-order valence-corrected chi connectivity index (χ2v) is 6.53. The molecule has 7 heteroatoms. The molecule has 3 aromatic rings. The molecule has 0 atom stereocenters. The lowest BCUT2D eigenvalue weighted by molar-refractivity contribution is 0.415. The first kappa shape index (κ1) is 20.2. The average Bonchev–Trinajstić information content (AvgIpc) is 3.02. The van der Waals surface area contributed by atoms with E-state index in [2.05, 4.69) is 27.4 Å². The van der Waals surface area contributed by atoms with E-state index in [0.29, 0.717) is 12.5 Å². The summed E-state index contributed by atoms with van der Waals surface area (Å²) in [4.78, 5) is 10.2. The normalized spacial score (nSPS) is 10.9. The first-order valence-corrected chi connectivity index (χ1v) is 8.70. The molecule has 0 aliphatic rings. The fraction of sp³-hybridized carbons (Fsp3) is 0.158. The fourth-order valence-corrected chi connectivity index (χ4v) is 3.29. The first-order chi connectivity index (χ1) is 12.2. The van der Waals surface area contributed by atoms with Crippen molar-refractivity contribution in [3.05, 3.63) is 65.2 Å². The Bertz CT molecular complexity index is 863. The molecular formula is C19H21IN4OS. The molecule has 0 aliphatic carbocycles. The number of hydrogen-bond acceptors (Lipinski definition) is 4. The van der Waals surface area contributed by atoms with Gasteiger partial charge in [-0.2, -0.15) is 0 Å². The highest BCUT2D eigenvalue weighted by atomic mass is 127. The fourth-order valence-electron chi connectivity index (χ4n) is 2.30. The number of hydrogen-bond donors (Lipinski definition) is 2. The third-order valence-electron chi connectivity index (χ3n) is 3.67. The van der Waals surface area contributed by atoms with Crippen LogP contribution in [0.3, 0.4) is 0 Å². The van der Waals surface area contributed by atoms with Gasteiger partial charge < -0.3 is 15.8 Å². The number of nitrogens with two attached hydrogens (primary N) is 1. The van der Waals surface area contributed by atoms with Crippen LogP contribution < -0.4 is 15.8 Å². The van der Waals surface area contributed by atoms with Gasteiger partial charge in [0.25, 0.3) is 0 Å². The van der Waals surface area contributed by atoms with Crippen molar-refractivity contribution in [2.45, 2.75) is 13.5 Å². The summed E-state index contributed by atoms with van der Waals surface area (Å²) < 4.78 is 5.14. The van der Waals surface area contributed by atoms with E-state index >= 15 is 0 Å². The topological polar surface area (TPSA) is 72.5 Å². The Morgan fingerprint density at radius 2 is 1.85 bits per heavy atom. The van der Waals surface area contributed by atoms with Crippen LogP contribution in [0.1, 0.15) is 10.6 Å². The lowest BCUT2D eigenvalue weighted by Gasteiger charge is -2.06. The van der Waals surface area contributed by atoms with Gasteiger partial charge in [0.2, 0.25) is 0 Å². The Balaban J connectivity index is 0.00000243. The van der Waals surface area contributed by atoms with Gasteiger partial charge in [-0.05, 0) is 31.2 Å². The maximum Gasteiger partial charge on any atom is 0.193 e. The Kier molecular flexibility index (Phi) is 7.40. The highest BCUT2D eigenvalue weighted by molar-refractivity contribution is 14.0. The third-order valence-corrected chi connectivity index (χ3v) is 4.86. The first-order valence-electron chi connectivity index (χ1n) is 7.88. The predicted octanol–water partition coefficient (Wildman–Crippen LogP) is 4.67. The lowest BCUT2D eigenvalue weighted by atomic mass is 10.2. The quantitative estimate of drug-likeness (QED) is 0.316. The van der Waals surface area contributed by atoms with Crippen molar-refractivity contribution < 1.29 is 4.74 Å². The van der Waals surface area contributed by atoms with Gasteiger partial charge in [-0.15, -0.1) is 35.3 Å². The van der Waals surface area contributed by atoms with Crippen molar-refractivity contribution in [3.8, 4) is 16.3 Å². The molecule has 0 spiro atoms. The van der Waals surface area contributed by atoms with Crippen molar-refractivity contribution in [2.24, 2.45) is 10.7 Å². The molecule has 0 fully saturated rings. The molecule has 1 aromatic heterocycles. The van der Waals surface area contributed by atoms with Gasteiger partial charge >= 0.3 is 0 Å². The van der Waals surface area contributed by atoms with Crippen LogP contribution in [0.5, 0.6) is 5.75 Å². The van der Waals surface area contributed by atoms with E-state index in [-0.39, 0.29) is 24.0 Å². The van der Waals surface area contributed by atoms with Crippen molar-refractivity contribution in [1.82, 2.24) is 4.98 Å². The average molecular weight is 480 g/mol. The number of nitrogens with one attached hydrogen (secondary N) is 1. The predicted molar refractivity (Wildman–Crippen MR) is 120 cm³/mol. The van der Waals surface area contributed by atoms with Gasteiger partial charge in [0.05, 0.1) is 19.3 Å². The van der Waals surface area contributed by atoms with Crippen LogP contribution >= 0.6 is 35.3 Å². The number of aryl methyl sites for hydroxylation is 1. The zero-order valence-corrected chi connectivity index (χ0v) is 17.7. The zero-order valence-electron chi connectivity index (χ0n) is 14.6. The molecule has 26 heavy (non-hydrogen) atoms. The summed E-state index contributed by atoms with van der Waals surface area (Å²) in [5, 5.41) is 4.08. The van der Waals surface area contributed by atoms with E-state index in [1.807, 2.05) is 49.4 Å². The number of benzene rings is 2. The van der Waals surface area contributed by atoms with Gasteiger partial charge in [0.15, 0.2) is 5.96 Å². The highest BCUT2D eigenvalue weighted by Gasteiger charge is 2.09. The summed E-state index contributed by atoms with van der Waals surface area (Å²) in [7, 11) is 1.64. The number of aromatic nitrogens is 1. The van der Waals surface area contributed by atoms with Gasteiger partial charge in [0, 0.05) is 16.1 Å². The van der Waals surface area contributed by atoms with Crippen molar-refractivity contribution in [1.29, 1.82) is 0 Å². The van der Waals surface area contributed by atoms with Gasteiger partial charge in [-0.3, -0.25) is 0 Å². The molecule has 3 N–H and O–H groups in total. The molecule has 136 valence electrons. The van der Waals surface area contributed by atoms with Crippen LogP contribution in [0, 0.1) is 6.92 Å². The Morgan fingerprint density at radius 3 is 2.50 bits per heavy atom. The summed E-state index contributed by atoms with van der Waals surface area (Å²) in [6, 6.07) is 17.7. The van der Waals surface area contributed by atoms with E-state index in [1.54, 1.807) is 18.4 Å². The monoisotopic (exact) mass is 480 g/mol. The molecule has 0 radical (unpaired) electrons. The molecule has 0 bridgehead atoms. The van der Waals surface area contributed by atoms with Crippen LogP contribution in [0.25, 0.3) is 10.6 Å². The molecule has 5 nitrogen and oxygen atoms in total. The third kappa shape index (κ3) is 5.18. The Labute approximate surface area is 174 Å². The molecule has 1 heterocycles.